The Morgan fingerprint density at radius 2 is 1.45 bits per heavy atom. The van der Waals surface area contributed by atoms with Gasteiger partial charge in [-0.25, -0.2) is 8.78 Å². The molecule has 2 rings (SSSR count). The van der Waals surface area contributed by atoms with Crippen LogP contribution in [0.2, 0.25) is 0 Å². The van der Waals surface area contributed by atoms with Crippen molar-refractivity contribution in [2.24, 2.45) is 0 Å². The summed E-state index contributed by atoms with van der Waals surface area (Å²) in [5.74, 6) is -1.16. The standard InChI is InChI=1S/C16H17F2NO/c17-15-8-14(9-16(18)10-15)12-19(6-7-20)11-13-4-2-1-3-5-13/h1-5,8-10,20H,6-7,11-12H2. The van der Waals surface area contributed by atoms with Crippen LogP contribution in [0.3, 0.4) is 0 Å². The first-order chi connectivity index (χ1) is 9.67. The lowest BCUT2D eigenvalue weighted by atomic mass is 10.1. The number of rotatable bonds is 6. The van der Waals surface area contributed by atoms with Gasteiger partial charge in [0.15, 0.2) is 0 Å². The normalized spacial score (nSPS) is 11.0. The number of benzene rings is 2. The van der Waals surface area contributed by atoms with E-state index in [1.807, 2.05) is 35.2 Å². The quantitative estimate of drug-likeness (QED) is 0.877. The first-order valence-corrected chi connectivity index (χ1v) is 6.49. The molecule has 0 unspecified atom stereocenters. The average Bonchev–Trinajstić information content (AvgIpc) is 2.39. The molecule has 0 saturated heterocycles. The van der Waals surface area contributed by atoms with Gasteiger partial charge in [-0.15, -0.1) is 0 Å². The van der Waals surface area contributed by atoms with E-state index in [0.29, 0.717) is 25.2 Å². The number of halogens is 2. The van der Waals surface area contributed by atoms with E-state index in [4.69, 9.17) is 5.11 Å². The maximum absolute atomic E-state index is 13.2. The summed E-state index contributed by atoms with van der Waals surface area (Å²) in [6, 6.07) is 13.3. The molecule has 0 fully saturated rings. The highest BCUT2D eigenvalue weighted by Gasteiger charge is 2.08. The second-order valence-corrected chi connectivity index (χ2v) is 4.70. The van der Waals surface area contributed by atoms with Crippen molar-refractivity contribution in [3.8, 4) is 0 Å². The second-order valence-electron chi connectivity index (χ2n) is 4.70. The molecule has 2 aromatic carbocycles. The van der Waals surface area contributed by atoms with Gasteiger partial charge in [0.2, 0.25) is 0 Å². The Labute approximate surface area is 117 Å². The van der Waals surface area contributed by atoms with Crippen molar-refractivity contribution in [1.82, 2.24) is 4.90 Å². The van der Waals surface area contributed by atoms with E-state index in [1.165, 1.54) is 12.1 Å². The minimum Gasteiger partial charge on any atom is -0.395 e. The highest BCUT2D eigenvalue weighted by atomic mass is 19.1. The molecule has 1 N–H and O–H groups in total. The third-order valence-electron chi connectivity index (χ3n) is 2.99. The van der Waals surface area contributed by atoms with Gasteiger partial charge in [0.25, 0.3) is 0 Å². The molecule has 20 heavy (non-hydrogen) atoms. The van der Waals surface area contributed by atoms with Crippen molar-refractivity contribution in [2.45, 2.75) is 13.1 Å². The molecular weight excluding hydrogens is 260 g/mol. The molecule has 0 aromatic heterocycles. The van der Waals surface area contributed by atoms with Crippen LogP contribution in [0.5, 0.6) is 0 Å². The lowest BCUT2D eigenvalue weighted by Gasteiger charge is -2.21. The van der Waals surface area contributed by atoms with Gasteiger partial charge in [-0.2, -0.15) is 0 Å². The number of aliphatic hydroxyl groups excluding tert-OH is 1. The Balaban J connectivity index is 2.08. The van der Waals surface area contributed by atoms with Crippen LogP contribution >= 0.6 is 0 Å². The molecule has 0 aliphatic carbocycles. The summed E-state index contributed by atoms with van der Waals surface area (Å²) >= 11 is 0. The highest BCUT2D eigenvalue weighted by molar-refractivity contribution is 5.19. The zero-order chi connectivity index (χ0) is 14.4. The summed E-state index contributed by atoms with van der Waals surface area (Å²) in [7, 11) is 0. The highest BCUT2D eigenvalue weighted by Crippen LogP contribution is 2.13. The number of nitrogens with zero attached hydrogens (tertiary/aromatic N) is 1. The zero-order valence-electron chi connectivity index (χ0n) is 11.1. The van der Waals surface area contributed by atoms with E-state index in [0.717, 1.165) is 11.6 Å². The van der Waals surface area contributed by atoms with Crippen molar-refractivity contribution in [1.29, 1.82) is 0 Å². The number of hydrogen-bond acceptors (Lipinski definition) is 2. The van der Waals surface area contributed by atoms with E-state index in [1.54, 1.807) is 0 Å². The Bertz CT molecular complexity index is 525. The first kappa shape index (κ1) is 14.6. The van der Waals surface area contributed by atoms with Crippen molar-refractivity contribution in [3.63, 3.8) is 0 Å². The maximum atomic E-state index is 13.2. The first-order valence-electron chi connectivity index (χ1n) is 6.49. The summed E-state index contributed by atoms with van der Waals surface area (Å²) in [5.41, 5.74) is 1.66. The van der Waals surface area contributed by atoms with E-state index >= 15 is 0 Å². The fourth-order valence-corrected chi connectivity index (χ4v) is 2.16. The van der Waals surface area contributed by atoms with E-state index in [9.17, 15) is 8.78 Å². The van der Waals surface area contributed by atoms with Crippen LogP contribution in [0.25, 0.3) is 0 Å². The Morgan fingerprint density at radius 1 is 0.850 bits per heavy atom. The zero-order valence-corrected chi connectivity index (χ0v) is 11.1. The van der Waals surface area contributed by atoms with Crippen LogP contribution in [0.1, 0.15) is 11.1 Å². The molecule has 0 aliphatic heterocycles. The lowest BCUT2D eigenvalue weighted by molar-refractivity contribution is 0.184. The molecule has 0 radical (unpaired) electrons. The van der Waals surface area contributed by atoms with Crippen LogP contribution in [-0.4, -0.2) is 23.2 Å². The molecule has 4 heteroatoms. The molecular formula is C16H17F2NO. The molecule has 0 aliphatic rings. The fourth-order valence-electron chi connectivity index (χ4n) is 2.16. The maximum Gasteiger partial charge on any atom is 0.126 e. The topological polar surface area (TPSA) is 23.5 Å². The number of hydrogen-bond donors (Lipinski definition) is 1. The van der Waals surface area contributed by atoms with Crippen LogP contribution in [0.4, 0.5) is 8.78 Å². The largest absolute Gasteiger partial charge is 0.395 e. The SMILES string of the molecule is OCCN(Cc1ccccc1)Cc1cc(F)cc(F)c1. The fraction of sp³-hybridized carbons (Fsp3) is 0.250. The van der Waals surface area contributed by atoms with Gasteiger partial charge in [0, 0.05) is 25.7 Å². The van der Waals surface area contributed by atoms with Crippen LogP contribution in [-0.2, 0) is 13.1 Å². The van der Waals surface area contributed by atoms with Crippen molar-refractivity contribution in [3.05, 3.63) is 71.3 Å². The molecule has 0 saturated carbocycles. The molecule has 106 valence electrons. The second kappa shape index (κ2) is 7.12. The lowest BCUT2D eigenvalue weighted by Crippen LogP contribution is -2.26. The third kappa shape index (κ3) is 4.40. The van der Waals surface area contributed by atoms with Crippen LogP contribution in [0, 0.1) is 11.6 Å². The monoisotopic (exact) mass is 277 g/mol. The minimum absolute atomic E-state index is 0.00459. The van der Waals surface area contributed by atoms with Crippen LogP contribution in [0.15, 0.2) is 48.5 Å². The van der Waals surface area contributed by atoms with Gasteiger partial charge in [-0.1, -0.05) is 30.3 Å². The smallest absolute Gasteiger partial charge is 0.126 e. The predicted octanol–water partition coefficient (Wildman–Crippen LogP) is 2.96. The van der Waals surface area contributed by atoms with E-state index in [2.05, 4.69) is 0 Å². The van der Waals surface area contributed by atoms with E-state index in [-0.39, 0.29) is 6.61 Å². The van der Waals surface area contributed by atoms with Gasteiger partial charge in [0.05, 0.1) is 6.61 Å². The molecule has 0 bridgehead atoms. The summed E-state index contributed by atoms with van der Waals surface area (Å²) in [4.78, 5) is 1.95. The summed E-state index contributed by atoms with van der Waals surface area (Å²) in [6.45, 7) is 1.47. The minimum atomic E-state index is -0.580. The summed E-state index contributed by atoms with van der Waals surface area (Å²) < 4.78 is 26.4. The van der Waals surface area contributed by atoms with E-state index < -0.39 is 11.6 Å². The van der Waals surface area contributed by atoms with Gasteiger partial charge in [-0.3, -0.25) is 4.90 Å². The van der Waals surface area contributed by atoms with Gasteiger partial charge in [0.1, 0.15) is 11.6 Å². The van der Waals surface area contributed by atoms with Gasteiger partial charge in [-0.05, 0) is 23.3 Å². The van der Waals surface area contributed by atoms with Crippen molar-refractivity contribution >= 4 is 0 Å². The molecule has 0 spiro atoms. The molecule has 2 aromatic rings. The van der Waals surface area contributed by atoms with Gasteiger partial charge < -0.3 is 5.11 Å². The third-order valence-corrected chi connectivity index (χ3v) is 2.99. The van der Waals surface area contributed by atoms with Crippen molar-refractivity contribution < 1.29 is 13.9 Å². The van der Waals surface area contributed by atoms with Crippen LogP contribution < -0.4 is 0 Å². The van der Waals surface area contributed by atoms with Gasteiger partial charge >= 0.3 is 0 Å². The average molecular weight is 277 g/mol. The Morgan fingerprint density at radius 3 is 2.05 bits per heavy atom. The summed E-state index contributed by atoms with van der Waals surface area (Å²) in [6.07, 6.45) is 0. The molecule has 0 heterocycles. The predicted molar refractivity (Wildman–Crippen MR) is 74.0 cm³/mol. The molecule has 0 amide bonds. The Hall–Kier alpha value is -1.78. The number of aliphatic hydroxyl groups is 1. The molecule has 0 atom stereocenters. The molecule has 2 nitrogen and oxygen atoms in total. The summed E-state index contributed by atoms with van der Waals surface area (Å²) in [5, 5.41) is 9.11. The Kier molecular flexibility index (Phi) is 5.21. The van der Waals surface area contributed by atoms with Crippen molar-refractivity contribution in [2.75, 3.05) is 13.2 Å².